The van der Waals surface area contributed by atoms with Gasteiger partial charge in [-0.1, -0.05) is 43.0 Å². The van der Waals surface area contributed by atoms with Gasteiger partial charge in [0.05, 0.1) is 11.2 Å². The van der Waals surface area contributed by atoms with E-state index in [1.54, 1.807) is 44.2 Å². The van der Waals surface area contributed by atoms with E-state index in [9.17, 15) is 17.6 Å². The van der Waals surface area contributed by atoms with Crippen molar-refractivity contribution in [2.45, 2.75) is 31.9 Å². The second kappa shape index (κ2) is 7.23. The first-order valence-electron chi connectivity index (χ1n) is 7.38. The maximum atomic E-state index is 13.2. The van der Waals surface area contributed by atoms with Gasteiger partial charge in [-0.2, -0.15) is 22.5 Å². The minimum absolute atomic E-state index is 0.334. The van der Waals surface area contributed by atoms with Crippen LogP contribution < -0.4 is 4.74 Å². The largest absolute Gasteiger partial charge is 0.443 e. The van der Waals surface area contributed by atoms with Crippen molar-refractivity contribution in [1.29, 1.82) is 0 Å². The standard InChI is InChI=1S/C18H17F4NO2/c1-12(18(20,21)22)16(24-15-11-7-10-14(19)23-15)25-17(2,3)13-8-5-4-6-9-13/h4-11,16H,1H2,2-3H3. The molecule has 0 aliphatic rings. The Morgan fingerprint density at radius 3 is 2.24 bits per heavy atom. The fourth-order valence-electron chi connectivity index (χ4n) is 2.04. The molecule has 0 amide bonds. The van der Waals surface area contributed by atoms with E-state index >= 15 is 0 Å². The van der Waals surface area contributed by atoms with E-state index in [2.05, 4.69) is 11.6 Å². The number of ether oxygens (including phenoxy) is 2. The highest BCUT2D eigenvalue weighted by Gasteiger charge is 2.42. The van der Waals surface area contributed by atoms with Crippen molar-refractivity contribution in [2.24, 2.45) is 0 Å². The van der Waals surface area contributed by atoms with Crippen LogP contribution in [0.1, 0.15) is 19.4 Å². The third-order valence-electron chi connectivity index (χ3n) is 3.44. The average molecular weight is 355 g/mol. The molecule has 0 spiro atoms. The smallest absolute Gasteiger partial charge is 0.418 e. The number of pyridine rings is 1. The molecule has 0 N–H and O–H groups in total. The number of aromatic nitrogens is 1. The van der Waals surface area contributed by atoms with E-state index in [1.807, 2.05) is 0 Å². The van der Waals surface area contributed by atoms with Crippen molar-refractivity contribution < 1.29 is 27.0 Å². The van der Waals surface area contributed by atoms with Crippen LogP contribution in [0.15, 0.2) is 60.7 Å². The van der Waals surface area contributed by atoms with Gasteiger partial charge in [0.2, 0.25) is 18.1 Å². The van der Waals surface area contributed by atoms with Crippen LogP contribution in [0.4, 0.5) is 17.6 Å². The lowest BCUT2D eigenvalue weighted by Crippen LogP contribution is -2.37. The monoisotopic (exact) mass is 355 g/mol. The normalized spacial score (nSPS) is 13.4. The van der Waals surface area contributed by atoms with Crippen molar-refractivity contribution in [3.05, 3.63) is 72.2 Å². The van der Waals surface area contributed by atoms with Crippen molar-refractivity contribution >= 4 is 0 Å². The van der Waals surface area contributed by atoms with E-state index < -0.39 is 29.6 Å². The Morgan fingerprint density at radius 1 is 1.04 bits per heavy atom. The average Bonchev–Trinajstić information content (AvgIpc) is 2.53. The molecule has 2 rings (SSSR count). The van der Waals surface area contributed by atoms with Crippen molar-refractivity contribution in [1.82, 2.24) is 4.98 Å². The Bertz CT molecular complexity index is 729. The molecule has 0 saturated carbocycles. The van der Waals surface area contributed by atoms with E-state index in [0.717, 1.165) is 6.07 Å². The first kappa shape index (κ1) is 18.9. The van der Waals surface area contributed by atoms with Crippen LogP contribution in [0, 0.1) is 5.95 Å². The van der Waals surface area contributed by atoms with Crippen LogP contribution in [0.5, 0.6) is 5.88 Å². The number of hydrogen-bond acceptors (Lipinski definition) is 3. The number of benzene rings is 1. The van der Waals surface area contributed by atoms with Gasteiger partial charge in [0.25, 0.3) is 0 Å². The van der Waals surface area contributed by atoms with Gasteiger partial charge in [-0.05, 0) is 25.5 Å². The lowest BCUT2D eigenvalue weighted by Gasteiger charge is -2.32. The van der Waals surface area contributed by atoms with Crippen molar-refractivity contribution in [3.8, 4) is 5.88 Å². The summed E-state index contributed by atoms with van der Waals surface area (Å²) in [6.07, 6.45) is -6.63. The van der Waals surface area contributed by atoms with E-state index in [4.69, 9.17) is 9.47 Å². The fraction of sp³-hybridized carbons (Fsp3) is 0.278. The highest BCUT2D eigenvalue weighted by Crippen LogP contribution is 2.34. The van der Waals surface area contributed by atoms with Gasteiger partial charge in [0, 0.05) is 6.07 Å². The van der Waals surface area contributed by atoms with Crippen LogP contribution >= 0.6 is 0 Å². The first-order valence-corrected chi connectivity index (χ1v) is 7.38. The van der Waals surface area contributed by atoms with Gasteiger partial charge in [0.15, 0.2) is 0 Å². The third kappa shape index (κ3) is 5.03. The van der Waals surface area contributed by atoms with E-state index in [-0.39, 0.29) is 5.88 Å². The lowest BCUT2D eigenvalue weighted by atomic mass is 9.98. The summed E-state index contributed by atoms with van der Waals surface area (Å²) in [5.74, 6) is -1.21. The molecule has 0 bridgehead atoms. The van der Waals surface area contributed by atoms with Gasteiger partial charge in [0.1, 0.15) is 0 Å². The van der Waals surface area contributed by atoms with Gasteiger partial charge in [-0.15, -0.1) is 0 Å². The van der Waals surface area contributed by atoms with E-state index in [0.29, 0.717) is 5.56 Å². The SMILES string of the molecule is C=C(C(Oc1cccc(F)n1)OC(C)(C)c1ccccc1)C(F)(F)F. The molecule has 0 aliphatic heterocycles. The molecule has 134 valence electrons. The summed E-state index contributed by atoms with van der Waals surface area (Å²) < 4.78 is 63.2. The van der Waals surface area contributed by atoms with Crippen LogP contribution in [0.25, 0.3) is 0 Å². The summed E-state index contributed by atoms with van der Waals surface area (Å²) >= 11 is 0. The second-order valence-electron chi connectivity index (χ2n) is 5.77. The Labute approximate surface area is 142 Å². The lowest BCUT2D eigenvalue weighted by molar-refractivity contribution is -0.182. The van der Waals surface area contributed by atoms with E-state index in [1.165, 1.54) is 12.1 Å². The molecule has 25 heavy (non-hydrogen) atoms. The summed E-state index contributed by atoms with van der Waals surface area (Å²) in [5, 5.41) is 0. The number of hydrogen-bond donors (Lipinski definition) is 0. The molecule has 1 unspecified atom stereocenters. The Balaban J connectivity index is 2.30. The number of rotatable bonds is 6. The molecule has 0 saturated heterocycles. The summed E-state index contributed by atoms with van der Waals surface area (Å²) in [6.45, 7) is 6.22. The number of halogens is 4. The fourth-order valence-corrected chi connectivity index (χ4v) is 2.04. The molecule has 0 radical (unpaired) electrons. The first-order chi connectivity index (χ1) is 11.6. The van der Waals surface area contributed by atoms with Gasteiger partial charge in [-0.25, -0.2) is 0 Å². The second-order valence-corrected chi connectivity index (χ2v) is 5.77. The predicted octanol–water partition coefficient (Wildman–Crippen LogP) is 5.00. The molecule has 1 atom stereocenters. The highest BCUT2D eigenvalue weighted by atomic mass is 19.4. The van der Waals surface area contributed by atoms with Crippen molar-refractivity contribution in [3.63, 3.8) is 0 Å². The minimum atomic E-state index is -4.75. The molecule has 0 fully saturated rings. The zero-order chi connectivity index (χ0) is 18.7. The highest BCUT2D eigenvalue weighted by molar-refractivity contribution is 5.22. The molecule has 3 nitrogen and oxygen atoms in total. The summed E-state index contributed by atoms with van der Waals surface area (Å²) in [7, 11) is 0. The molecule has 0 aliphatic carbocycles. The van der Waals surface area contributed by atoms with Crippen LogP contribution in [0.2, 0.25) is 0 Å². The molecule has 7 heteroatoms. The maximum absolute atomic E-state index is 13.2. The Morgan fingerprint density at radius 2 is 1.68 bits per heavy atom. The molecular weight excluding hydrogens is 338 g/mol. The maximum Gasteiger partial charge on any atom is 0.418 e. The van der Waals surface area contributed by atoms with Crippen LogP contribution in [-0.4, -0.2) is 17.5 Å². The number of nitrogens with zero attached hydrogens (tertiary/aromatic N) is 1. The Kier molecular flexibility index (Phi) is 5.47. The van der Waals surface area contributed by atoms with Gasteiger partial charge >= 0.3 is 6.18 Å². The number of alkyl halides is 3. The molecule has 1 heterocycles. The topological polar surface area (TPSA) is 31.4 Å². The van der Waals surface area contributed by atoms with Crippen LogP contribution in [0.3, 0.4) is 0 Å². The minimum Gasteiger partial charge on any atom is -0.443 e. The van der Waals surface area contributed by atoms with Gasteiger partial charge < -0.3 is 9.47 Å². The zero-order valence-corrected chi connectivity index (χ0v) is 13.7. The quantitative estimate of drug-likeness (QED) is 0.316. The third-order valence-corrected chi connectivity index (χ3v) is 3.44. The van der Waals surface area contributed by atoms with Gasteiger partial charge in [-0.3, -0.25) is 0 Å². The summed E-state index contributed by atoms with van der Waals surface area (Å²) in [5.41, 5.74) is -1.72. The summed E-state index contributed by atoms with van der Waals surface area (Å²) in [4.78, 5) is 3.40. The molecular formula is C18H17F4NO2. The molecule has 2 aromatic rings. The van der Waals surface area contributed by atoms with Crippen molar-refractivity contribution in [2.75, 3.05) is 0 Å². The zero-order valence-electron chi connectivity index (χ0n) is 13.7. The van der Waals surface area contributed by atoms with Crippen LogP contribution in [-0.2, 0) is 10.3 Å². The Hall–Kier alpha value is -2.41. The molecule has 1 aromatic carbocycles. The summed E-state index contributed by atoms with van der Waals surface area (Å²) in [6, 6.07) is 12.2. The molecule has 1 aromatic heterocycles. The predicted molar refractivity (Wildman–Crippen MR) is 84.4 cm³/mol.